The van der Waals surface area contributed by atoms with E-state index in [1.54, 1.807) is 0 Å². The predicted octanol–water partition coefficient (Wildman–Crippen LogP) is 4.55. The van der Waals surface area contributed by atoms with Gasteiger partial charge in [-0.2, -0.15) is 0 Å². The van der Waals surface area contributed by atoms with E-state index in [9.17, 15) is 8.42 Å². The predicted molar refractivity (Wildman–Crippen MR) is 95.8 cm³/mol. The lowest BCUT2D eigenvalue weighted by atomic mass is 10.0. The summed E-state index contributed by atoms with van der Waals surface area (Å²) in [7, 11) is -2.87. The Morgan fingerprint density at radius 3 is 2.26 bits per heavy atom. The third kappa shape index (κ3) is 6.94. The monoisotopic (exact) mass is 338 g/mol. The Bertz CT molecular complexity index is 548. The number of hydrogen-bond acceptors (Lipinski definition) is 3. The van der Waals surface area contributed by atoms with Gasteiger partial charge < -0.3 is 4.74 Å². The molecule has 2 rings (SSSR count). The average Bonchev–Trinajstić information content (AvgIpc) is 2.87. The van der Waals surface area contributed by atoms with E-state index in [1.165, 1.54) is 50.5 Å². The second kappa shape index (κ2) is 9.31. The Labute approximate surface area is 141 Å². The maximum Gasteiger partial charge on any atom is 0.154 e. The van der Waals surface area contributed by atoms with Crippen LogP contribution in [0.15, 0.2) is 24.3 Å². The van der Waals surface area contributed by atoms with E-state index in [2.05, 4.69) is 19.1 Å². The van der Waals surface area contributed by atoms with Crippen molar-refractivity contribution in [3.8, 4) is 5.75 Å². The highest BCUT2D eigenvalue weighted by molar-refractivity contribution is 7.91. The van der Waals surface area contributed by atoms with Crippen molar-refractivity contribution in [2.24, 2.45) is 0 Å². The van der Waals surface area contributed by atoms with Gasteiger partial charge in [-0.25, -0.2) is 8.42 Å². The Balaban J connectivity index is 1.64. The van der Waals surface area contributed by atoms with E-state index in [-0.39, 0.29) is 17.6 Å². The van der Waals surface area contributed by atoms with Crippen LogP contribution in [0.3, 0.4) is 0 Å². The van der Waals surface area contributed by atoms with Gasteiger partial charge in [0.25, 0.3) is 0 Å². The van der Waals surface area contributed by atoms with E-state index >= 15 is 0 Å². The summed E-state index contributed by atoms with van der Waals surface area (Å²) in [6, 6.07) is 8.16. The standard InChI is InChI=1S/C19H30O3S/c1-2-3-4-5-6-7-8-9-17-10-12-18(13-11-17)22-19-14-15-23(20,21)16-19/h10-13,19H,2-9,14-16H2,1H3. The lowest BCUT2D eigenvalue weighted by Gasteiger charge is -2.12. The van der Waals surface area contributed by atoms with Crippen LogP contribution in [0.5, 0.6) is 5.75 Å². The van der Waals surface area contributed by atoms with Crippen LogP contribution in [0.1, 0.15) is 63.9 Å². The molecule has 0 amide bonds. The van der Waals surface area contributed by atoms with Crippen molar-refractivity contribution >= 4 is 9.84 Å². The number of aryl methyl sites for hydroxylation is 1. The Hall–Kier alpha value is -1.03. The van der Waals surface area contributed by atoms with Crippen molar-refractivity contribution in [1.82, 2.24) is 0 Å². The van der Waals surface area contributed by atoms with Crippen LogP contribution in [0.25, 0.3) is 0 Å². The summed E-state index contributed by atoms with van der Waals surface area (Å²) >= 11 is 0. The van der Waals surface area contributed by atoms with Crippen LogP contribution >= 0.6 is 0 Å². The van der Waals surface area contributed by atoms with E-state index in [1.807, 2.05) is 12.1 Å². The van der Waals surface area contributed by atoms with Crippen molar-refractivity contribution < 1.29 is 13.2 Å². The molecule has 1 saturated heterocycles. The minimum atomic E-state index is -2.87. The van der Waals surface area contributed by atoms with Crippen LogP contribution in [0, 0.1) is 0 Å². The SMILES string of the molecule is CCCCCCCCCc1ccc(OC2CCS(=O)(=O)C2)cc1. The first kappa shape index (κ1) is 18.3. The molecule has 3 nitrogen and oxygen atoms in total. The number of hydrogen-bond donors (Lipinski definition) is 0. The first-order valence-corrected chi connectivity index (χ1v) is 10.9. The van der Waals surface area contributed by atoms with E-state index in [0.29, 0.717) is 6.42 Å². The van der Waals surface area contributed by atoms with Gasteiger partial charge in [-0.15, -0.1) is 0 Å². The molecule has 0 bridgehead atoms. The van der Waals surface area contributed by atoms with E-state index < -0.39 is 9.84 Å². The number of unbranched alkanes of at least 4 members (excludes halogenated alkanes) is 6. The van der Waals surface area contributed by atoms with Crippen LogP contribution in [-0.2, 0) is 16.3 Å². The molecule has 130 valence electrons. The van der Waals surface area contributed by atoms with Gasteiger partial charge in [0.05, 0.1) is 11.5 Å². The van der Waals surface area contributed by atoms with Crippen LogP contribution in [0.2, 0.25) is 0 Å². The first-order valence-electron chi connectivity index (χ1n) is 9.05. The highest BCUT2D eigenvalue weighted by Gasteiger charge is 2.29. The van der Waals surface area contributed by atoms with Crippen molar-refractivity contribution in [1.29, 1.82) is 0 Å². The topological polar surface area (TPSA) is 43.4 Å². The molecule has 0 aromatic heterocycles. The van der Waals surface area contributed by atoms with Gasteiger partial charge in [-0.1, -0.05) is 57.6 Å². The maximum absolute atomic E-state index is 11.4. The Morgan fingerprint density at radius 1 is 1.00 bits per heavy atom. The minimum absolute atomic E-state index is 0.160. The fourth-order valence-corrected chi connectivity index (χ4v) is 4.66. The molecule has 1 atom stereocenters. The summed E-state index contributed by atoms with van der Waals surface area (Å²) in [6.07, 6.45) is 10.9. The zero-order chi connectivity index (χ0) is 16.5. The summed E-state index contributed by atoms with van der Waals surface area (Å²) < 4.78 is 28.6. The zero-order valence-electron chi connectivity index (χ0n) is 14.3. The van der Waals surface area contributed by atoms with E-state index in [4.69, 9.17) is 4.74 Å². The molecule has 1 unspecified atom stereocenters. The number of rotatable bonds is 10. The lowest BCUT2D eigenvalue weighted by molar-refractivity contribution is 0.229. The van der Waals surface area contributed by atoms with Crippen LogP contribution in [-0.4, -0.2) is 26.0 Å². The fraction of sp³-hybridized carbons (Fsp3) is 0.684. The normalized spacial score (nSPS) is 19.8. The molecule has 0 N–H and O–H groups in total. The van der Waals surface area contributed by atoms with Gasteiger partial charge >= 0.3 is 0 Å². The molecule has 0 saturated carbocycles. The number of benzene rings is 1. The third-order valence-electron chi connectivity index (χ3n) is 4.49. The summed E-state index contributed by atoms with van der Waals surface area (Å²) in [5.74, 6) is 1.20. The highest BCUT2D eigenvalue weighted by atomic mass is 32.2. The summed E-state index contributed by atoms with van der Waals surface area (Å²) in [5, 5.41) is 0. The van der Waals surface area contributed by atoms with Gasteiger partial charge in [0, 0.05) is 0 Å². The smallest absolute Gasteiger partial charge is 0.154 e. The van der Waals surface area contributed by atoms with E-state index in [0.717, 1.165) is 12.2 Å². The van der Waals surface area contributed by atoms with Gasteiger partial charge in [-0.05, 0) is 37.0 Å². The molecule has 1 aromatic rings. The first-order chi connectivity index (χ1) is 11.1. The fourth-order valence-electron chi connectivity index (χ4n) is 3.07. The molecule has 1 aromatic carbocycles. The molecule has 0 radical (unpaired) electrons. The summed E-state index contributed by atoms with van der Waals surface area (Å²) in [6.45, 7) is 2.25. The maximum atomic E-state index is 11.4. The number of ether oxygens (including phenoxy) is 1. The molecular formula is C19H30O3S. The van der Waals surface area contributed by atoms with Crippen LogP contribution < -0.4 is 4.74 Å². The molecule has 0 aliphatic carbocycles. The molecule has 1 fully saturated rings. The van der Waals surface area contributed by atoms with Gasteiger partial charge in [-0.3, -0.25) is 0 Å². The quantitative estimate of drug-likeness (QED) is 0.588. The molecular weight excluding hydrogens is 308 g/mol. The van der Waals surface area contributed by atoms with Gasteiger partial charge in [0.15, 0.2) is 9.84 Å². The second-order valence-electron chi connectivity index (χ2n) is 6.66. The highest BCUT2D eigenvalue weighted by Crippen LogP contribution is 2.21. The Morgan fingerprint density at radius 2 is 1.65 bits per heavy atom. The second-order valence-corrected chi connectivity index (χ2v) is 8.89. The summed E-state index contributed by atoms with van der Waals surface area (Å²) in [4.78, 5) is 0. The number of sulfone groups is 1. The lowest BCUT2D eigenvalue weighted by Crippen LogP contribution is -2.17. The van der Waals surface area contributed by atoms with Crippen LogP contribution in [0.4, 0.5) is 0 Å². The molecule has 1 aliphatic rings. The van der Waals surface area contributed by atoms with Crippen molar-refractivity contribution in [3.63, 3.8) is 0 Å². The molecule has 1 aliphatic heterocycles. The molecule has 1 heterocycles. The minimum Gasteiger partial charge on any atom is -0.489 e. The van der Waals surface area contributed by atoms with Gasteiger partial charge in [0.1, 0.15) is 11.9 Å². The zero-order valence-corrected chi connectivity index (χ0v) is 15.1. The summed E-state index contributed by atoms with van der Waals surface area (Å²) in [5.41, 5.74) is 1.34. The third-order valence-corrected chi connectivity index (χ3v) is 6.22. The van der Waals surface area contributed by atoms with Gasteiger partial charge in [0.2, 0.25) is 0 Å². The molecule has 23 heavy (non-hydrogen) atoms. The molecule has 4 heteroatoms. The Kier molecular flexibility index (Phi) is 7.41. The molecule has 0 spiro atoms. The van der Waals surface area contributed by atoms with Crippen molar-refractivity contribution in [2.45, 2.75) is 70.8 Å². The average molecular weight is 339 g/mol. The van der Waals surface area contributed by atoms with Crippen molar-refractivity contribution in [3.05, 3.63) is 29.8 Å². The largest absolute Gasteiger partial charge is 0.489 e. The van der Waals surface area contributed by atoms with Crippen molar-refractivity contribution in [2.75, 3.05) is 11.5 Å².